The van der Waals surface area contributed by atoms with Crippen molar-refractivity contribution in [3.63, 3.8) is 0 Å². The molecule has 0 radical (unpaired) electrons. The molecule has 2 N–H and O–H groups in total. The van der Waals surface area contributed by atoms with Crippen LogP contribution in [0.15, 0.2) is 0 Å². The van der Waals surface area contributed by atoms with Crippen LogP contribution in [0.25, 0.3) is 0 Å². The molecule has 2 saturated carbocycles. The first-order valence-electron chi connectivity index (χ1n) is 7.92. The molecular weight excluding hydrogens is 222 g/mol. The van der Waals surface area contributed by atoms with E-state index in [9.17, 15) is 0 Å². The highest BCUT2D eigenvalue weighted by atomic mass is 16.5. The molecule has 2 heteroatoms. The molecule has 3 unspecified atom stereocenters. The fraction of sp³-hybridized carbons (Fsp3) is 1.00. The zero-order valence-corrected chi connectivity index (χ0v) is 12.5. The summed E-state index contributed by atoms with van der Waals surface area (Å²) in [6.45, 7) is 7.81. The predicted octanol–water partition coefficient (Wildman–Crippen LogP) is 3.74. The van der Waals surface area contributed by atoms with Gasteiger partial charge in [-0.3, -0.25) is 0 Å². The third-order valence-electron chi connectivity index (χ3n) is 5.52. The lowest BCUT2D eigenvalue weighted by Crippen LogP contribution is -2.47. The molecule has 2 fully saturated rings. The van der Waals surface area contributed by atoms with Crippen LogP contribution in [0.1, 0.15) is 65.7 Å². The summed E-state index contributed by atoms with van der Waals surface area (Å²) < 4.78 is 6.51. The normalized spacial score (nSPS) is 46.0. The number of nitrogens with two attached hydrogens (primary N) is 1. The lowest BCUT2D eigenvalue weighted by Gasteiger charge is -2.43. The van der Waals surface area contributed by atoms with E-state index in [2.05, 4.69) is 20.8 Å². The summed E-state index contributed by atoms with van der Waals surface area (Å²) in [4.78, 5) is 0. The second-order valence-electron chi connectivity index (χ2n) is 7.08. The van der Waals surface area contributed by atoms with Gasteiger partial charge in [-0.25, -0.2) is 0 Å². The van der Waals surface area contributed by atoms with Crippen LogP contribution in [0.2, 0.25) is 0 Å². The molecule has 0 aromatic rings. The zero-order valence-electron chi connectivity index (χ0n) is 12.5. The minimum absolute atomic E-state index is 0.0114. The van der Waals surface area contributed by atoms with Crippen molar-refractivity contribution in [2.75, 3.05) is 6.54 Å². The van der Waals surface area contributed by atoms with E-state index >= 15 is 0 Å². The molecule has 2 rings (SSSR count). The Hall–Kier alpha value is -0.0800. The van der Waals surface area contributed by atoms with E-state index < -0.39 is 0 Å². The van der Waals surface area contributed by atoms with Gasteiger partial charge in [0.25, 0.3) is 0 Å². The highest BCUT2D eigenvalue weighted by molar-refractivity contribution is 4.89. The molecule has 2 nitrogen and oxygen atoms in total. The highest BCUT2D eigenvalue weighted by Crippen LogP contribution is 2.39. The van der Waals surface area contributed by atoms with Crippen LogP contribution in [0.3, 0.4) is 0 Å². The number of hydrogen-bond acceptors (Lipinski definition) is 2. The van der Waals surface area contributed by atoms with Crippen LogP contribution >= 0.6 is 0 Å². The van der Waals surface area contributed by atoms with Crippen LogP contribution in [0, 0.1) is 17.8 Å². The summed E-state index contributed by atoms with van der Waals surface area (Å²) in [5.74, 6) is 2.53. The fourth-order valence-corrected chi connectivity index (χ4v) is 3.62. The Balaban J connectivity index is 1.90. The van der Waals surface area contributed by atoms with Gasteiger partial charge in [0.1, 0.15) is 0 Å². The van der Waals surface area contributed by atoms with E-state index in [1.807, 2.05) is 0 Å². The maximum absolute atomic E-state index is 6.51. The van der Waals surface area contributed by atoms with Crippen LogP contribution in [0.5, 0.6) is 0 Å². The Morgan fingerprint density at radius 1 is 1.00 bits per heavy atom. The Bertz CT molecular complexity index is 258. The van der Waals surface area contributed by atoms with Gasteiger partial charge in [0, 0.05) is 6.54 Å². The van der Waals surface area contributed by atoms with Crippen LogP contribution < -0.4 is 5.73 Å². The highest BCUT2D eigenvalue weighted by Gasteiger charge is 2.37. The van der Waals surface area contributed by atoms with E-state index in [0.29, 0.717) is 12.6 Å². The molecule has 0 spiro atoms. The summed E-state index contributed by atoms with van der Waals surface area (Å²) in [6.07, 6.45) is 9.18. The molecule has 3 atom stereocenters. The van der Waals surface area contributed by atoms with Gasteiger partial charge >= 0.3 is 0 Å². The molecule has 0 aliphatic heterocycles. The van der Waals surface area contributed by atoms with E-state index in [-0.39, 0.29) is 5.60 Å². The van der Waals surface area contributed by atoms with Crippen molar-refractivity contribution in [1.82, 2.24) is 0 Å². The Morgan fingerprint density at radius 2 is 1.67 bits per heavy atom. The predicted molar refractivity (Wildman–Crippen MR) is 76.5 cm³/mol. The average Bonchev–Trinajstić information content (AvgIpc) is 2.37. The zero-order chi connectivity index (χ0) is 13.2. The van der Waals surface area contributed by atoms with E-state index in [0.717, 1.165) is 17.8 Å². The summed E-state index contributed by atoms with van der Waals surface area (Å²) >= 11 is 0. The molecule has 0 heterocycles. The second-order valence-corrected chi connectivity index (χ2v) is 7.08. The Kier molecular flexibility index (Phi) is 4.71. The quantitative estimate of drug-likeness (QED) is 0.831. The summed E-state index contributed by atoms with van der Waals surface area (Å²) in [6, 6.07) is 0. The summed E-state index contributed by atoms with van der Waals surface area (Å²) in [5.41, 5.74) is 6.05. The average molecular weight is 253 g/mol. The van der Waals surface area contributed by atoms with Crippen molar-refractivity contribution >= 4 is 0 Å². The fourth-order valence-electron chi connectivity index (χ4n) is 3.62. The molecule has 2 aliphatic rings. The molecule has 0 bridgehead atoms. The summed E-state index contributed by atoms with van der Waals surface area (Å²) in [5, 5.41) is 0. The van der Waals surface area contributed by atoms with Gasteiger partial charge < -0.3 is 10.5 Å². The first kappa shape index (κ1) is 14.3. The van der Waals surface area contributed by atoms with Gasteiger partial charge in [0.05, 0.1) is 11.7 Å². The van der Waals surface area contributed by atoms with E-state index in [4.69, 9.17) is 10.5 Å². The van der Waals surface area contributed by atoms with Crippen molar-refractivity contribution < 1.29 is 4.74 Å². The monoisotopic (exact) mass is 253 g/mol. The minimum atomic E-state index is 0.0114. The second kappa shape index (κ2) is 5.92. The first-order valence-corrected chi connectivity index (χ1v) is 7.92. The molecule has 0 aromatic heterocycles. The van der Waals surface area contributed by atoms with Crippen molar-refractivity contribution in [1.29, 1.82) is 0 Å². The number of hydrogen-bond donors (Lipinski definition) is 1. The molecule has 2 aliphatic carbocycles. The van der Waals surface area contributed by atoms with Crippen molar-refractivity contribution in [3.05, 3.63) is 0 Å². The van der Waals surface area contributed by atoms with Crippen molar-refractivity contribution in [2.24, 2.45) is 23.5 Å². The third-order valence-corrected chi connectivity index (χ3v) is 5.52. The molecular formula is C16H31NO. The number of ether oxygens (including phenoxy) is 1. The standard InChI is InChI=1S/C16H31NO/c1-12-6-8-16(11-17,9-7-12)18-15-5-4-13(2)14(3)10-15/h12-15H,4-11,17H2,1-3H3. The first-order chi connectivity index (χ1) is 8.54. The smallest absolute Gasteiger partial charge is 0.0808 e. The number of rotatable bonds is 3. The Morgan fingerprint density at radius 3 is 2.22 bits per heavy atom. The molecule has 0 aromatic carbocycles. The minimum Gasteiger partial charge on any atom is -0.370 e. The van der Waals surface area contributed by atoms with Crippen LogP contribution in [-0.4, -0.2) is 18.2 Å². The molecule has 0 saturated heterocycles. The Labute approximate surface area is 113 Å². The van der Waals surface area contributed by atoms with Crippen LogP contribution in [0.4, 0.5) is 0 Å². The maximum Gasteiger partial charge on any atom is 0.0808 e. The van der Waals surface area contributed by atoms with Crippen molar-refractivity contribution in [3.8, 4) is 0 Å². The van der Waals surface area contributed by atoms with Gasteiger partial charge in [-0.2, -0.15) is 0 Å². The van der Waals surface area contributed by atoms with E-state index in [1.54, 1.807) is 0 Å². The SMILES string of the molecule is CC1CCC(CN)(OC2CCC(C)C(C)C2)CC1. The lowest BCUT2D eigenvalue weighted by molar-refractivity contribution is -0.131. The van der Waals surface area contributed by atoms with Crippen molar-refractivity contribution in [2.45, 2.75) is 77.4 Å². The van der Waals surface area contributed by atoms with Gasteiger partial charge in [-0.1, -0.05) is 20.8 Å². The molecule has 0 amide bonds. The maximum atomic E-state index is 6.51. The topological polar surface area (TPSA) is 35.2 Å². The van der Waals surface area contributed by atoms with Gasteiger partial charge in [0.2, 0.25) is 0 Å². The van der Waals surface area contributed by atoms with Gasteiger partial charge in [-0.15, -0.1) is 0 Å². The lowest BCUT2D eigenvalue weighted by atomic mass is 9.77. The van der Waals surface area contributed by atoms with Gasteiger partial charge in [0.15, 0.2) is 0 Å². The summed E-state index contributed by atoms with van der Waals surface area (Å²) in [7, 11) is 0. The van der Waals surface area contributed by atoms with E-state index in [1.165, 1.54) is 44.9 Å². The molecule has 106 valence electrons. The van der Waals surface area contributed by atoms with Gasteiger partial charge in [-0.05, 0) is 62.7 Å². The third kappa shape index (κ3) is 3.27. The molecule has 18 heavy (non-hydrogen) atoms. The van der Waals surface area contributed by atoms with Crippen LogP contribution in [-0.2, 0) is 4.74 Å². The largest absolute Gasteiger partial charge is 0.370 e.